The van der Waals surface area contributed by atoms with E-state index in [-0.39, 0.29) is 16.7 Å². The number of nitrogens with one attached hydrogen (secondary N) is 1. The second kappa shape index (κ2) is 9.26. The molecule has 0 aliphatic rings. The Morgan fingerprint density at radius 3 is 2.75 bits per heavy atom. The van der Waals surface area contributed by atoms with Crippen molar-refractivity contribution >= 4 is 35.0 Å². The number of amides is 1. The van der Waals surface area contributed by atoms with Gasteiger partial charge in [-0.2, -0.15) is 5.26 Å². The number of methoxy groups -OCH3 is 1. The number of hydrogen-bond acceptors (Lipinski definition) is 7. The molecule has 1 aromatic heterocycles. The smallest absolute Gasteiger partial charge is 0.277 e. The first kappa shape index (κ1) is 19.7. The van der Waals surface area contributed by atoms with Crippen molar-refractivity contribution in [2.24, 2.45) is 0 Å². The van der Waals surface area contributed by atoms with Gasteiger partial charge in [-0.3, -0.25) is 4.79 Å². The molecule has 0 spiro atoms. The number of carbonyl (C=O) groups excluding carboxylic acids is 1. The molecule has 0 atom stereocenters. The fourth-order valence-corrected chi connectivity index (χ4v) is 3.10. The summed E-state index contributed by atoms with van der Waals surface area (Å²) in [4.78, 5) is 12.1. The summed E-state index contributed by atoms with van der Waals surface area (Å²) in [5.74, 6) is 1.09. The molecule has 3 aromatic rings. The van der Waals surface area contributed by atoms with Crippen LogP contribution >= 0.6 is 23.4 Å². The van der Waals surface area contributed by atoms with Crippen LogP contribution in [0.1, 0.15) is 17.0 Å². The maximum absolute atomic E-state index is 12.1. The predicted octanol–water partition coefficient (Wildman–Crippen LogP) is 3.92. The van der Waals surface area contributed by atoms with Gasteiger partial charge in [0.15, 0.2) is 0 Å². The van der Waals surface area contributed by atoms with E-state index >= 15 is 0 Å². The van der Waals surface area contributed by atoms with Gasteiger partial charge >= 0.3 is 0 Å². The number of nitriles is 1. The van der Waals surface area contributed by atoms with Crippen LogP contribution in [0.4, 0.5) is 5.69 Å². The Balaban J connectivity index is 1.51. The summed E-state index contributed by atoms with van der Waals surface area (Å²) in [5, 5.41) is 20.1. The molecule has 9 heteroatoms. The lowest BCUT2D eigenvalue weighted by Gasteiger charge is -2.05. The molecular formula is C19H15ClN4O3S. The molecule has 1 amide bonds. The van der Waals surface area contributed by atoms with Crippen LogP contribution in [0.15, 0.2) is 52.1 Å². The van der Waals surface area contributed by atoms with E-state index in [1.54, 1.807) is 19.2 Å². The lowest BCUT2D eigenvalue weighted by atomic mass is 10.1. The molecular weight excluding hydrogens is 400 g/mol. The number of halogens is 1. The highest BCUT2D eigenvalue weighted by Crippen LogP contribution is 2.22. The average molecular weight is 415 g/mol. The third kappa shape index (κ3) is 5.25. The fraction of sp³-hybridized carbons (Fsp3) is 0.158. The van der Waals surface area contributed by atoms with Crippen LogP contribution < -0.4 is 10.1 Å². The summed E-state index contributed by atoms with van der Waals surface area (Å²) in [6.45, 7) is 0. The van der Waals surface area contributed by atoms with Crippen molar-refractivity contribution in [1.82, 2.24) is 10.2 Å². The standard InChI is InChI=1S/C19H15ClN4O3S/c1-26-15-6-2-12(3-7-15)8-18-23-24-19(27-18)28-11-17(25)22-14-5-4-13(10-21)16(20)9-14/h2-7,9H,8,11H2,1H3,(H,22,25). The number of carbonyl (C=O) groups is 1. The first-order valence-electron chi connectivity index (χ1n) is 8.15. The first-order valence-corrected chi connectivity index (χ1v) is 9.51. The second-order valence-corrected chi connectivity index (χ2v) is 6.96. The van der Waals surface area contributed by atoms with Crippen LogP contribution in [0, 0.1) is 11.3 Å². The number of ether oxygens (including phenoxy) is 1. The highest BCUT2D eigenvalue weighted by atomic mass is 35.5. The van der Waals surface area contributed by atoms with Gasteiger partial charge in [-0.25, -0.2) is 0 Å². The highest BCUT2D eigenvalue weighted by Gasteiger charge is 2.11. The van der Waals surface area contributed by atoms with Crippen LogP contribution in [0.25, 0.3) is 0 Å². The number of anilines is 1. The number of hydrogen-bond donors (Lipinski definition) is 1. The molecule has 1 heterocycles. The molecule has 0 saturated heterocycles. The minimum Gasteiger partial charge on any atom is -0.497 e. The molecule has 3 rings (SSSR count). The van der Waals surface area contributed by atoms with E-state index in [0.29, 0.717) is 28.8 Å². The maximum atomic E-state index is 12.1. The van der Waals surface area contributed by atoms with E-state index in [1.807, 2.05) is 30.3 Å². The Kier molecular flexibility index (Phi) is 6.53. The summed E-state index contributed by atoms with van der Waals surface area (Å²) in [6, 6.07) is 14.2. The molecule has 0 radical (unpaired) electrons. The monoisotopic (exact) mass is 414 g/mol. The molecule has 0 unspecified atom stereocenters. The zero-order chi connectivity index (χ0) is 19.9. The van der Waals surface area contributed by atoms with E-state index in [1.165, 1.54) is 6.07 Å². The van der Waals surface area contributed by atoms with E-state index in [0.717, 1.165) is 23.1 Å². The average Bonchev–Trinajstić information content (AvgIpc) is 3.14. The van der Waals surface area contributed by atoms with Crippen LogP contribution in [0.2, 0.25) is 5.02 Å². The van der Waals surface area contributed by atoms with Gasteiger partial charge in [-0.1, -0.05) is 35.5 Å². The third-order valence-corrected chi connectivity index (χ3v) is 4.79. The quantitative estimate of drug-likeness (QED) is 0.584. The van der Waals surface area contributed by atoms with Crippen molar-refractivity contribution in [1.29, 1.82) is 5.26 Å². The summed E-state index contributed by atoms with van der Waals surface area (Å²) >= 11 is 7.09. The number of benzene rings is 2. The van der Waals surface area contributed by atoms with Gasteiger partial charge in [-0.15, -0.1) is 10.2 Å². The van der Waals surface area contributed by atoms with Gasteiger partial charge in [0.1, 0.15) is 11.8 Å². The van der Waals surface area contributed by atoms with Crippen molar-refractivity contribution in [2.45, 2.75) is 11.6 Å². The Morgan fingerprint density at radius 1 is 1.29 bits per heavy atom. The van der Waals surface area contributed by atoms with Gasteiger partial charge in [0.2, 0.25) is 11.8 Å². The molecule has 142 valence electrons. The first-order chi connectivity index (χ1) is 13.6. The lowest BCUT2D eigenvalue weighted by molar-refractivity contribution is -0.113. The van der Waals surface area contributed by atoms with Crippen LogP contribution in [0.3, 0.4) is 0 Å². The summed E-state index contributed by atoms with van der Waals surface area (Å²) in [6.07, 6.45) is 0.494. The molecule has 1 N–H and O–H groups in total. The van der Waals surface area contributed by atoms with Crippen LogP contribution in [0.5, 0.6) is 5.75 Å². The molecule has 0 saturated carbocycles. The van der Waals surface area contributed by atoms with Gasteiger partial charge < -0.3 is 14.5 Å². The van der Waals surface area contributed by atoms with Gasteiger partial charge in [0, 0.05) is 5.69 Å². The van der Waals surface area contributed by atoms with Crippen molar-refractivity contribution < 1.29 is 13.9 Å². The SMILES string of the molecule is COc1ccc(Cc2nnc(SCC(=O)Nc3ccc(C#N)c(Cl)c3)o2)cc1. The number of aromatic nitrogens is 2. The van der Waals surface area contributed by atoms with E-state index in [4.69, 9.17) is 26.0 Å². The fourth-order valence-electron chi connectivity index (χ4n) is 2.29. The molecule has 28 heavy (non-hydrogen) atoms. The number of thioether (sulfide) groups is 1. The maximum Gasteiger partial charge on any atom is 0.277 e. The van der Waals surface area contributed by atoms with Crippen molar-refractivity contribution in [3.63, 3.8) is 0 Å². The zero-order valence-corrected chi connectivity index (χ0v) is 16.4. The van der Waals surface area contributed by atoms with Gasteiger partial charge in [-0.05, 0) is 35.9 Å². The van der Waals surface area contributed by atoms with Crippen molar-refractivity contribution in [2.75, 3.05) is 18.2 Å². The highest BCUT2D eigenvalue weighted by molar-refractivity contribution is 7.99. The van der Waals surface area contributed by atoms with E-state index < -0.39 is 0 Å². The summed E-state index contributed by atoms with van der Waals surface area (Å²) < 4.78 is 10.7. The number of nitrogens with zero attached hydrogens (tertiary/aromatic N) is 3. The van der Waals surface area contributed by atoms with E-state index in [2.05, 4.69) is 15.5 Å². The predicted molar refractivity (Wildman–Crippen MR) is 106 cm³/mol. The Hall–Kier alpha value is -3.02. The van der Waals surface area contributed by atoms with E-state index in [9.17, 15) is 4.79 Å². The summed E-state index contributed by atoms with van der Waals surface area (Å²) in [5.41, 5.74) is 1.88. The number of rotatable bonds is 7. The Morgan fingerprint density at radius 2 is 2.07 bits per heavy atom. The normalized spacial score (nSPS) is 10.3. The Bertz CT molecular complexity index is 1010. The molecule has 0 fully saturated rings. The molecule has 0 aliphatic heterocycles. The molecule has 0 aliphatic carbocycles. The molecule has 2 aromatic carbocycles. The minimum absolute atomic E-state index is 0.0990. The Labute approximate surface area is 170 Å². The topological polar surface area (TPSA) is 101 Å². The molecule has 7 nitrogen and oxygen atoms in total. The minimum atomic E-state index is -0.249. The van der Waals surface area contributed by atoms with Crippen molar-refractivity contribution in [3.8, 4) is 11.8 Å². The van der Waals surface area contributed by atoms with Crippen LogP contribution in [-0.2, 0) is 11.2 Å². The molecule has 0 bridgehead atoms. The summed E-state index contributed by atoms with van der Waals surface area (Å²) in [7, 11) is 1.61. The van der Waals surface area contributed by atoms with Crippen molar-refractivity contribution in [3.05, 3.63) is 64.5 Å². The second-order valence-electron chi connectivity index (χ2n) is 5.63. The third-order valence-electron chi connectivity index (χ3n) is 3.66. The lowest BCUT2D eigenvalue weighted by Crippen LogP contribution is -2.14. The van der Waals surface area contributed by atoms with Crippen LogP contribution in [-0.4, -0.2) is 29.0 Å². The largest absolute Gasteiger partial charge is 0.497 e. The zero-order valence-electron chi connectivity index (χ0n) is 14.8. The van der Waals surface area contributed by atoms with Gasteiger partial charge in [0.25, 0.3) is 5.22 Å². The van der Waals surface area contributed by atoms with Gasteiger partial charge in [0.05, 0.1) is 29.9 Å².